The molecule has 1 aliphatic heterocycles. The van der Waals surface area contributed by atoms with Crippen molar-refractivity contribution in [3.8, 4) is 0 Å². The van der Waals surface area contributed by atoms with Crippen molar-refractivity contribution >= 4 is 28.5 Å². The monoisotopic (exact) mass is 345 g/mol. The van der Waals surface area contributed by atoms with Crippen LogP contribution in [0.1, 0.15) is 19.4 Å². The molecule has 1 aromatic rings. The Morgan fingerprint density at radius 2 is 1.87 bits per heavy atom. The number of halogens is 3. The topological polar surface area (TPSA) is 55.4 Å². The van der Waals surface area contributed by atoms with Crippen molar-refractivity contribution in [2.45, 2.75) is 24.8 Å². The lowest BCUT2D eigenvalue weighted by molar-refractivity contribution is -0.137. The predicted molar refractivity (Wildman–Crippen MR) is 80.8 cm³/mol. The maximum atomic E-state index is 12.4. The van der Waals surface area contributed by atoms with E-state index in [0.717, 1.165) is 23.9 Å². The third-order valence-electron chi connectivity index (χ3n) is 3.05. The summed E-state index contributed by atoms with van der Waals surface area (Å²) < 4.78 is 42.1. The molecule has 1 aromatic carbocycles. The molecule has 0 unspecified atom stereocenters. The maximum absolute atomic E-state index is 12.4. The first-order chi connectivity index (χ1) is 10.6. The molecular weight excluding hydrogens is 331 g/mol. The summed E-state index contributed by atoms with van der Waals surface area (Å²) in [6, 6.07) is 4.10. The van der Waals surface area contributed by atoms with Crippen LogP contribution in [0.25, 0.3) is 0 Å². The van der Waals surface area contributed by atoms with E-state index in [1.807, 2.05) is 0 Å². The number of ether oxygens (including phenoxy) is 1. The summed E-state index contributed by atoms with van der Waals surface area (Å²) in [6.45, 7) is 3.26. The van der Waals surface area contributed by atoms with E-state index in [2.05, 4.69) is 5.32 Å². The molecule has 124 valence electrons. The van der Waals surface area contributed by atoms with Crippen LogP contribution in [-0.2, 0) is 20.5 Å². The van der Waals surface area contributed by atoms with Gasteiger partial charge in [-0.05, 0) is 38.1 Å². The minimum atomic E-state index is -4.42. The van der Waals surface area contributed by atoms with Gasteiger partial charge in [0.05, 0.1) is 10.3 Å². The first-order valence-corrected chi connectivity index (χ1v) is 7.45. The molecule has 0 atom stereocenters. The molecule has 8 heteroatoms. The Bertz CT molecular complexity index is 651. The summed E-state index contributed by atoms with van der Waals surface area (Å²) in [5.74, 6) is -0.124. The highest BCUT2D eigenvalue weighted by Gasteiger charge is 2.35. The zero-order valence-electron chi connectivity index (χ0n) is 12.4. The van der Waals surface area contributed by atoms with Crippen LogP contribution in [0.5, 0.6) is 0 Å². The van der Waals surface area contributed by atoms with Gasteiger partial charge in [-0.3, -0.25) is 9.59 Å². The van der Waals surface area contributed by atoms with Crippen LogP contribution >= 0.6 is 11.8 Å². The van der Waals surface area contributed by atoms with Gasteiger partial charge in [0.15, 0.2) is 6.61 Å². The lowest BCUT2D eigenvalue weighted by atomic mass is 10.1. The van der Waals surface area contributed by atoms with E-state index in [-0.39, 0.29) is 17.4 Å². The number of amides is 1. The molecule has 0 saturated heterocycles. The summed E-state index contributed by atoms with van der Waals surface area (Å²) in [6.07, 6.45) is -3.09. The van der Waals surface area contributed by atoms with Gasteiger partial charge in [0.2, 0.25) is 5.12 Å². The molecule has 1 heterocycles. The first-order valence-electron chi connectivity index (χ1n) is 6.63. The Balaban J connectivity index is 1.90. The van der Waals surface area contributed by atoms with E-state index >= 15 is 0 Å². The van der Waals surface area contributed by atoms with Crippen molar-refractivity contribution in [1.29, 1.82) is 0 Å². The summed E-state index contributed by atoms with van der Waals surface area (Å²) in [5, 5.41) is 2.29. The number of carbonyl (C=O) groups is 2. The van der Waals surface area contributed by atoms with Crippen molar-refractivity contribution in [3.05, 3.63) is 41.7 Å². The summed E-state index contributed by atoms with van der Waals surface area (Å²) in [5.41, 5.74) is -0.558. The normalized spacial score (nSPS) is 16.9. The van der Waals surface area contributed by atoms with Crippen molar-refractivity contribution < 1.29 is 27.5 Å². The van der Waals surface area contributed by atoms with Gasteiger partial charge in [0.25, 0.3) is 5.91 Å². The number of anilines is 1. The van der Waals surface area contributed by atoms with E-state index in [9.17, 15) is 22.8 Å². The van der Waals surface area contributed by atoms with Crippen molar-refractivity contribution in [2.75, 3.05) is 11.9 Å². The van der Waals surface area contributed by atoms with Gasteiger partial charge in [-0.2, -0.15) is 13.2 Å². The van der Waals surface area contributed by atoms with Crippen molar-refractivity contribution in [1.82, 2.24) is 0 Å². The van der Waals surface area contributed by atoms with Gasteiger partial charge >= 0.3 is 6.18 Å². The highest BCUT2D eigenvalue weighted by atomic mass is 32.2. The van der Waals surface area contributed by atoms with Gasteiger partial charge in [-0.15, -0.1) is 0 Å². The van der Waals surface area contributed by atoms with Crippen LogP contribution in [0, 0.1) is 0 Å². The fraction of sp³-hybridized carbons (Fsp3) is 0.333. The molecule has 23 heavy (non-hydrogen) atoms. The SMILES string of the molecule is CC1(C)SC(=O)C=C1OCC(=O)Nc1ccc(C(F)(F)F)cc1. The third-order valence-corrected chi connectivity index (χ3v) is 4.08. The molecular formula is C15H14F3NO3S. The number of hydrogen-bond donors (Lipinski definition) is 1. The molecule has 0 aromatic heterocycles. The summed E-state index contributed by atoms with van der Waals surface area (Å²) in [4.78, 5) is 23.1. The van der Waals surface area contributed by atoms with Crippen LogP contribution in [0.4, 0.5) is 18.9 Å². The number of carbonyl (C=O) groups excluding carboxylic acids is 2. The number of hydrogen-bond acceptors (Lipinski definition) is 4. The second-order valence-electron chi connectivity index (χ2n) is 5.35. The van der Waals surface area contributed by atoms with E-state index in [1.54, 1.807) is 13.8 Å². The van der Waals surface area contributed by atoms with Crippen LogP contribution in [-0.4, -0.2) is 22.4 Å². The molecule has 0 aliphatic carbocycles. The third kappa shape index (κ3) is 4.51. The van der Waals surface area contributed by atoms with Gasteiger partial charge in [-0.25, -0.2) is 0 Å². The molecule has 1 N–H and O–H groups in total. The second kappa shape index (κ2) is 6.27. The van der Waals surface area contributed by atoms with E-state index < -0.39 is 22.4 Å². The quantitative estimate of drug-likeness (QED) is 0.906. The number of thioether (sulfide) groups is 1. The number of nitrogens with one attached hydrogen (secondary N) is 1. The van der Waals surface area contributed by atoms with Crippen LogP contribution in [0.2, 0.25) is 0 Å². The smallest absolute Gasteiger partial charge is 0.416 e. The van der Waals surface area contributed by atoms with E-state index in [4.69, 9.17) is 4.74 Å². The molecule has 0 spiro atoms. The average molecular weight is 345 g/mol. The zero-order chi connectivity index (χ0) is 17.3. The lowest BCUT2D eigenvalue weighted by Gasteiger charge is -2.20. The molecule has 0 saturated carbocycles. The fourth-order valence-electron chi connectivity index (χ4n) is 1.91. The van der Waals surface area contributed by atoms with Gasteiger partial charge in [0.1, 0.15) is 5.76 Å². The Morgan fingerprint density at radius 3 is 2.35 bits per heavy atom. The maximum Gasteiger partial charge on any atom is 0.416 e. The number of alkyl halides is 3. The molecule has 1 aliphatic rings. The lowest BCUT2D eigenvalue weighted by Crippen LogP contribution is -2.23. The standard InChI is InChI=1S/C15H14F3NO3S/c1-14(2)11(7-13(21)23-14)22-8-12(20)19-10-5-3-9(4-6-10)15(16,17)18/h3-7H,8H2,1-2H3,(H,19,20). The Labute approximate surface area is 135 Å². The molecule has 4 nitrogen and oxygen atoms in total. The van der Waals surface area contributed by atoms with Crippen LogP contribution in [0.15, 0.2) is 36.1 Å². The minimum Gasteiger partial charge on any atom is -0.486 e. The summed E-state index contributed by atoms with van der Waals surface area (Å²) >= 11 is 1.10. The highest BCUT2D eigenvalue weighted by Crippen LogP contribution is 2.39. The zero-order valence-corrected chi connectivity index (χ0v) is 13.2. The number of rotatable bonds is 4. The minimum absolute atomic E-state index is 0.145. The first kappa shape index (κ1) is 17.4. The molecule has 2 rings (SSSR count). The van der Waals surface area contributed by atoms with Crippen molar-refractivity contribution in [2.24, 2.45) is 0 Å². The van der Waals surface area contributed by atoms with Crippen LogP contribution in [0.3, 0.4) is 0 Å². The second-order valence-corrected chi connectivity index (χ2v) is 6.98. The van der Waals surface area contributed by atoms with Gasteiger partial charge < -0.3 is 10.1 Å². The van der Waals surface area contributed by atoms with E-state index in [0.29, 0.717) is 5.76 Å². The Hall–Kier alpha value is -1.96. The molecule has 0 bridgehead atoms. The number of benzene rings is 1. The summed E-state index contributed by atoms with van der Waals surface area (Å²) in [7, 11) is 0. The van der Waals surface area contributed by atoms with E-state index in [1.165, 1.54) is 18.2 Å². The van der Waals surface area contributed by atoms with Gasteiger partial charge in [-0.1, -0.05) is 11.8 Å². The van der Waals surface area contributed by atoms with Crippen molar-refractivity contribution in [3.63, 3.8) is 0 Å². The fourth-order valence-corrected chi connectivity index (χ4v) is 2.80. The predicted octanol–water partition coefficient (Wildman–Crippen LogP) is 3.60. The Kier molecular flexibility index (Phi) is 4.74. The van der Waals surface area contributed by atoms with Gasteiger partial charge in [0, 0.05) is 11.8 Å². The largest absolute Gasteiger partial charge is 0.486 e. The average Bonchev–Trinajstić information content (AvgIpc) is 2.68. The highest BCUT2D eigenvalue weighted by molar-refractivity contribution is 8.15. The van der Waals surface area contributed by atoms with Crippen LogP contribution < -0.4 is 5.32 Å². The Morgan fingerprint density at radius 1 is 1.26 bits per heavy atom. The molecule has 0 radical (unpaired) electrons. The molecule has 0 fully saturated rings. The molecule has 1 amide bonds.